The van der Waals surface area contributed by atoms with E-state index in [1.165, 1.54) is 0 Å². The Labute approximate surface area is 147 Å². The zero-order chi connectivity index (χ0) is 20.5. The molecule has 0 saturated heterocycles. The van der Waals surface area contributed by atoms with Crippen molar-refractivity contribution < 1.29 is 31.4 Å². The molecule has 0 heterocycles. The Morgan fingerprint density at radius 1 is 0.923 bits per heavy atom. The van der Waals surface area contributed by atoms with Crippen molar-refractivity contribution >= 4 is 11.6 Å². The van der Waals surface area contributed by atoms with Crippen molar-refractivity contribution in [2.75, 3.05) is 0 Å². The normalized spacial score (nSPS) is 14.3. The standard InChI is InChI=1S/C16H21F6N3O/c1-9(2)25(10(3)4)13(23)24-12-7-5-11(6-8-12)14(26,15(17,18)19)16(20,21)22/h5-10,26H,1-4H3,(H2,23,24). The molecular weight excluding hydrogens is 364 g/mol. The second-order valence-electron chi connectivity index (χ2n) is 6.32. The molecule has 10 heteroatoms. The number of hydrogen-bond acceptors (Lipinski definition) is 2. The Morgan fingerprint density at radius 3 is 1.62 bits per heavy atom. The molecule has 0 radical (unpaired) electrons. The van der Waals surface area contributed by atoms with E-state index in [-0.39, 0.29) is 23.7 Å². The molecule has 0 atom stereocenters. The molecule has 0 aliphatic carbocycles. The van der Waals surface area contributed by atoms with E-state index in [1.54, 1.807) is 4.90 Å². The summed E-state index contributed by atoms with van der Waals surface area (Å²) in [5.41, 5.74) is -0.370. The van der Waals surface area contributed by atoms with Gasteiger partial charge in [-0.25, -0.2) is 4.99 Å². The minimum atomic E-state index is -5.93. The van der Waals surface area contributed by atoms with Crippen molar-refractivity contribution in [1.82, 2.24) is 4.90 Å². The molecule has 3 N–H and O–H groups in total. The Bertz CT molecular complexity index is 613. The molecule has 1 aromatic carbocycles. The van der Waals surface area contributed by atoms with Gasteiger partial charge in [-0.2, -0.15) is 26.3 Å². The van der Waals surface area contributed by atoms with E-state index in [0.717, 1.165) is 12.1 Å². The molecule has 0 saturated carbocycles. The van der Waals surface area contributed by atoms with E-state index < -0.39 is 23.5 Å². The lowest BCUT2D eigenvalue weighted by Crippen LogP contribution is -2.53. The number of rotatable bonds is 4. The van der Waals surface area contributed by atoms with Gasteiger partial charge in [0.15, 0.2) is 5.96 Å². The van der Waals surface area contributed by atoms with Crippen LogP contribution in [0.4, 0.5) is 32.0 Å². The van der Waals surface area contributed by atoms with Gasteiger partial charge in [0, 0.05) is 17.6 Å². The molecule has 0 bridgehead atoms. The first-order valence-electron chi connectivity index (χ1n) is 7.71. The maximum atomic E-state index is 12.9. The summed E-state index contributed by atoms with van der Waals surface area (Å²) in [6, 6.07) is 2.90. The third-order valence-electron chi connectivity index (χ3n) is 3.73. The monoisotopic (exact) mass is 385 g/mol. The molecule has 0 aromatic heterocycles. The van der Waals surface area contributed by atoms with Crippen molar-refractivity contribution in [2.45, 2.75) is 57.7 Å². The number of guanidine groups is 1. The average molecular weight is 385 g/mol. The summed E-state index contributed by atoms with van der Waals surface area (Å²) in [4.78, 5) is 5.76. The van der Waals surface area contributed by atoms with Gasteiger partial charge in [0.05, 0.1) is 5.69 Å². The number of aliphatic hydroxyl groups is 1. The highest BCUT2D eigenvalue weighted by Gasteiger charge is 2.71. The van der Waals surface area contributed by atoms with Gasteiger partial charge in [0.2, 0.25) is 0 Å². The Kier molecular flexibility index (Phi) is 6.23. The van der Waals surface area contributed by atoms with Crippen molar-refractivity contribution in [1.29, 1.82) is 0 Å². The van der Waals surface area contributed by atoms with Crippen molar-refractivity contribution in [3.8, 4) is 0 Å². The van der Waals surface area contributed by atoms with Crippen LogP contribution in [0, 0.1) is 0 Å². The van der Waals surface area contributed by atoms with Gasteiger partial charge in [-0.15, -0.1) is 0 Å². The first-order valence-corrected chi connectivity index (χ1v) is 7.71. The first kappa shape index (κ1) is 22.1. The highest BCUT2D eigenvalue weighted by molar-refractivity contribution is 5.81. The number of halogens is 6. The summed E-state index contributed by atoms with van der Waals surface area (Å²) in [6.45, 7) is 7.44. The molecule has 0 spiro atoms. The quantitative estimate of drug-likeness (QED) is 0.467. The van der Waals surface area contributed by atoms with E-state index in [9.17, 15) is 31.4 Å². The minimum Gasteiger partial charge on any atom is -0.369 e. The lowest BCUT2D eigenvalue weighted by Gasteiger charge is -2.33. The Balaban J connectivity index is 3.29. The van der Waals surface area contributed by atoms with Gasteiger partial charge in [-0.1, -0.05) is 12.1 Å². The molecule has 1 rings (SSSR count). The molecular formula is C16H21F6N3O. The summed E-state index contributed by atoms with van der Waals surface area (Å²) in [7, 11) is 0. The molecule has 0 aliphatic rings. The van der Waals surface area contributed by atoms with Crippen LogP contribution in [0.5, 0.6) is 0 Å². The van der Waals surface area contributed by atoms with Gasteiger partial charge in [0.25, 0.3) is 5.60 Å². The van der Waals surface area contributed by atoms with Gasteiger partial charge in [-0.3, -0.25) is 0 Å². The molecule has 1 aromatic rings. The van der Waals surface area contributed by atoms with Crippen LogP contribution in [-0.2, 0) is 5.60 Å². The maximum absolute atomic E-state index is 12.9. The molecule has 0 fully saturated rings. The largest absolute Gasteiger partial charge is 0.430 e. The Hall–Kier alpha value is -1.97. The minimum absolute atomic E-state index is 0.0152. The van der Waals surface area contributed by atoms with E-state index in [1.807, 2.05) is 27.7 Å². The average Bonchev–Trinajstić information content (AvgIpc) is 2.43. The van der Waals surface area contributed by atoms with Gasteiger partial charge in [-0.05, 0) is 39.8 Å². The van der Waals surface area contributed by atoms with E-state index in [0.29, 0.717) is 12.1 Å². The molecule has 0 aliphatic heterocycles. The lowest BCUT2D eigenvalue weighted by molar-refractivity contribution is -0.376. The van der Waals surface area contributed by atoms with Gasteiger partial charge >= 0.3 is 12.4 Å². The predicted molar refractivity (Wildman–Crippen MR) is 85.8 cm³/mol. The van der Waals surface area contributed by atoms with Crippen molar-refractivity contribution in [2.24, 2.45) is 10.7 Å². The van der Waals surface area contributed by atoms with E-state index >= 15 is 0 Å². The van der Waals surface area contributed by atoms with Crippen LogP contribution >= 0.6 is 0 Å². The van der Waals surface area contributed by atoms with Crippen LogP contribution in [0.25, 0.3) is 0 Å². The van der Waals surface area contributed by atoms with Crippen LogP contribution in [0.2, 0.25) is 0 Å². The fraction of sp³-hybridized carbons (Fsp3) is 0.562. The van der Waals surface area contributed by atoms with Crippen LogP contribution in [0.1, 0.15) is 33.3 Å². The predicted octanol–water partition coefficient (Wildman–Crippen LogP) is 4.06. The third kappa shape index (κ3) is 4.22. The molecule has 0 amide bonds. The van der Waals surface area contributed by atoms with Gasteiger partial charge < -0.3 is 15.7 Å². The number of nitrogens with two attached hydrogens (primary N) is 1. The summed E-state index contributed by atoms with van der Waals surface area (Å²) in [6.07, 6.45) is -11.9. The zero-order valence-corrected chi connectivity index (χ0v) is 14.7. The van der Waals surface area contributed by atoms with Crippen LogP contribution in [-0.4, -0.2) is 40.4 Å². The van der Waals surface area contributed by atoms with Crippen LogP contribution in [0.15, 0.2) is 29.3 Å². The summed E-state index contributed by atoms with van der Waals surface area (Å²) in [5, 5.41) is 9.34. The van der Waals surface area contributed by atoms with Gasteiger partial charge in [0.1, 0.15) is 0 Å². The fourth-order valence-corrected chi connectivity index (χ4v) is 2.58. The fourth-order valence-electron chi connectivity index (χ4n) is 2.58. The van der Waals surface area contributed by atoms with E-state index in [4.69, 9.17) is 5.73 Å². The molecule has 148 valence electrons. The Morgan fingerprint density at radius 2 is 1.31 bits per heavy atom. The highest BCUT2D eigenvalue weighted by Crippen LogP contribution is 2.50. The zero-order valence-electron chi connectivity index (χ0n) is 14.7. The topological polar surface area (TPSA) is 61.8 Å². The maximum Gasteiger partial charge on any atom is 0.430 e. The third-order valence-corrected chi connectivity index (χ3v) is 3.73. The second-order valence-corrected chi connectivity index (χ2v) is 6.32. The first-order chi connectivity index (χ1) is 11.6. The smallest absolute Gasteiger partial charge is 0.369 e. The lowest BCUT2D eigenvalue weighted by atomic mass is 9.92. The highest BCUT2D eigenvalue weighted by atomic mass is 19.4. The van der Waals surface area contributed by atoms with Crippen LogP contribution < -0.4 is 5.73 Å². The van der Waals surface area contributed by atoms with Crippen LogP contribution in [0.3, 0.4) is 0 Å². The second kappa shape index (κ2) is 7.34. The SMILES string of the molecule is CC(C)N(C(N)=Nc1ccc(C(O)(C(F)(F)F)C(F)(F)F)cc1)C(C)C. The van der Waals surface area contributed by atoms with E-state index in [2.05, 4.69) is 4.99 Å². The number of hydrogen-bond donors (Lipinski definition) is 2. The molecule has 4 nitrogen and oxygen atoms in total. The number of alkyl halides is 6. The van der Waals surface area contributed by atoms with Crippen molar-refractivity contribution in [3.63, 3.8) is 0 Å². The molecule has 0 unspecified atom stereocenters. The summed E-state index contributed by atoms with van der Waals surface area (Å²) >= 11 is 0. The number of aliphatic imine (C=N–C) groups is 1. The summed E-state index contributed by atoms with van der Waals surface area (Å²) < 4.78 is 77.1. The number of benzene rings is 1. The molecule has 26 heavy (non-hydrogen) atoms. The van der Waals surface area contributed by atoms with Crippen molar-refractivity contribution in [3.05, 3.63) is 29.8 Å². The summed E-state index contributed by atoms with van der Waals surface area (Å²) in [5.74, 6) is 0.0738. The number of nitrogens with zero attached hydrogens (tertiary/aromatic N) is 2.